The molecule has 5 heteroatoms. The lowest BCUT2D eigenvalue weighted by Crippen LogP contribution is -2.41. The largest absolute Gasteiger partial charge is 0.339 e. The van der Waals surface area contributed by atoms with Gasteiger partial charge in [0.1, 0.15) is 0 Å². The number of hydrogen-bond acceptors (Lipinski definition) is 2. The van der Waals surface area contributed by atoms with Crippen LogP contribution in [0.4, 0.5) is 8.78 Å². The minimum atomic E-state index is -1.02. The van der Waals surface area contributed by atoms with Crippen molar-refractivity contribution in [2.24, 2.45) is 5.41 Å². The number of benzene rings is 1. The Bertz CT molecular complexity index is 543. The number of likely N-dealkylation sites (tertiary alicyclic amines) is 1. The molecule has 1 aliphatic heterocycles. The number of nitriles is 1. The van der Waals surface area contributed by atoms with Crippen LogP contribution in [0.1, 0.15) is 30.1 Å². The average molecular weight is 264 g/mol. The van der Waals surface area contributed by atoms with Gasteiger partial charge in [-0.15, -0.1) is 0 Å². The summed E-state index contributed by atoms with van der Waals surface area (Å²) in [7, 11) is 0. The normalized spacial score (nSPS) is 17.9. The molecule has 0 saturated carbocycles. The summed E-state index contributed by atoms with van der Waals surface area (Å²) in [5.74, 6) is -2.31. The highest BCUT2D eigenvalue weighted by Gasteiger charge is 2.32. The fourth-order valence-electron chi connectivity index (χ4n) is 2.13. The van der Waals surface area contributed by atoms with E-state index in [0.717, 1.165) is 12.1 Å². The van der Waals surface area contributed by atoms with Crippen molar-refractivity contribution >= 4 is 5.91 Å². The molecule has 1 aromatic rings. The van der Waals surface area contributed by atoms with Crippen LogP contribution in [0.5, 0.6) is 0 Å². The van der Waals surface area contributed by atoms with Gasteiger partial charge in [-0.05, 0) is 38.0 Å². The molecule has 0 N–H and O–H groups in total. The number of hydrogen-bond donors (Lipinski definition) is 0. The van der Waals surface area contributed by atoms with Crippen LogP contribution in [0.15, 0.2) is 18.2 Å². The molecule has 0 bridgehead atoms. The van der Waals surface area contributed by atoms with Gasteiger partial charge >= 0.3 is 0 Å². The fourth-order valence-corrected chi connectivity index (χ4v) is 2.13. The molecule has 100 valence electrons. The summed E-state index contributed by atoms with van der Waals surface area (Å²) in [6.45, 7) is 2.79. The van der Waals surface area contributed by atoms with Gasteiger partial charge in [0.25, 0.3) is 5.91 Å². The van der Waals surface area contributed by atoms with Crippen molar-refractivity contribution in [3.8, 4) is 6.07 Å². The van der Waals surface area contributed by atoms with E-state index < -0.39 is 17.0 Å². The highest BCUT2D eigenvalue weighted by Crippen LogP contribution is 2.30. The van der Waals surface area contributed by atoms with Gasteiger partial charge in [0.15, 0.2) is 11.6 Å². The number of halogens is 2. The maximum atomic E-state index is 13.1. The topological polar surface area (TPSA) is 44.1 Å². The summed E-state index contributed by atoms with van der Waals surface area (Å²) in [5.41, 5.74) is -0.260. The molecule has 1 aliphatic rings. The molecule has 0 spiro atoms. The summed E-state index contributed by atoms with van der Waals surface area (Å²) in [4.78, 5) is 13.7. The summed E-state index contributed by atoms with van der Waals surface area (Å²) < 4.78 is 25.9. The number of carbonyl (C=O) groups excluding carboxylic acids is 1. The smallest absolute Gasteiger partial charge is 0.253 e. The van der Waals surface area contributed by atoms with E-state index >= 15 is 0 Å². The second-order valence-electron chi connectivity index (χ2n) is 5.09. The molecule has 0 unspecified atom stereocenters. The number of carbonyl (C=O) groups is 1. The fraction of sp³-hybridized carbons (Fsp3) is 0.429. The van der Waals surface area contributed by atoms with E-state index in [2.05, 4.69) is 6.07 Å². The molecule has 3 nitrogen and oxygen atoms in total. The second kappa shape index (κ2) is 4.96. The van der Waals surface area contributed by atoms with Crippen LogP contribution in [0.2, 0.25) is 0 Å². The number of nitrogens with zero attached hydrogens (tertiary/aromatic N) is 2. The van der Waals surface area contributed by atoms with Crippen molar-refractivity contribution in [3.63, 3.8) is 0 Å². The Balaban J connectivity index is 2.10. The third-order valence-electron chi connectivity index (χ3n) is 3.59. The molecule has 1 fully saturated rings. The van der Waals surface area contributed by atoms with Crippen molar-refractivity contribution in [3.05, 3.63) is 35.4 Å². The molecule has 1 heterocycles. The minimum absolute atomic E-state index is 0.138. The molecule has 1 amide bonds. The predicted octanol–water partition coefficient (Wildman–Crippen LogP) is 2.73. The summed E-state index contributed by atoms with van der Waals surface area (Å²) in [5, 5.41) is 9.01. The standard InChI is InChI=1S/C14H14F2N2O/c1-14(9-17)4-6-18(7-5-14)13(19)10-2-3-11(15)12(16)8-10/h2-3,8H,4-7H2,1H3. The van der Waals surface area contributed by atoms with E-state index in [9.17, 15) is 13.6 Å². The first-order valence-corrected chi connectivity index (χ1v) is 6.11. The monoisotopic (exact) mass is 264 g/mol. The summed E-state index contributed by atoms with van der Waals surface area (Å²) in [6.07, 6.45) is 1.19. The van der Waals surface area contributed by atoms with Gasteiger partial charge in [0, 0.05) is 18.7 Å². The lowest BCUT2D eigenvalue weighted by Gasteiger charge is -2.34. The molecular formula is C14H14F2N2O. The Kier molecular flexibility index (Phi) is 3.52. The summed E-state index contributed by atoms with van der Waals surface area (Å²) >= 11 is 0. The van der Waals surface area contributed by atoms with Crippen LogP contribution in [-0.4, -0.2) is 23.9 Å². The predicted molar refractivity (Wildman–Crippen MR) is 65.2 cm³/mol. The molecule has 1 saturated heterocycles. The molecule has 2 rings (SSSR count). The van der Waals surface area contributed by atoms with Gasteiger partial charge in [0.05, 0.1) is 11.5 Å². The minimum Gasteiger partial charge on any atom is -0.339 e. The number of piperidine rings is 1. The maximum Gasteiger partial charge on any atom is 0.253 e. The Morgan fingerprint density at radius 1 is 1.32 bits per heavy atom. The quantitative estimate of drug-likeness (QED) is 0.782. The first-order chi connectivity index (χ1) is 8.95. The lowest BCUT2D eigenvalue weighted by molar-refractivity contribution is 0.0661. The van der Waals surface area contributed by atoms with Gasteiger partial charge in [0.2, 0.25) is 0 Å². The molecular weight excluding hydrogens is 250 g/mol. The van der Waals surface area contributed by atoms with E-state index in [-0.39, 0.29) is 11.5 Å². The molecule has 19 heavy (non-hydrogen) atoms. The Morgan fingerprint density at radius 2 is 1.95 bits per heavy atom. The first kappa shape index (κ1) is 13.5. The molecule has 0 aromatic heterocycles. The van der Waals surface area contributed by atoms with Gasteiger partial charge < -0.3 is 4.90 Å². The zero-order valence-electron chi connectivity index (χ0n) is 10.6. The Morgan fingerprint density at radius 3 is 2.47 bits per heavy atom. The van der Waals surface area contributed by atoms with Gasteiger partial charge in [-0.2, -0.15) is 5.26 Å². The first-order valence-electron chi connectivity index (χ1n) is 6.11. The van der Waals surface area contributed by atoms with Crippen molar-refractivity contribution < 1.29 is 13.6 Å². The molecule has 0 radical (unpaired) electrons. The van der Waals surface area contributed by atoms with E-state index in [4.69, 9.17) is 5.26 Å². The van der Waals surface area contributed by atoms with E-state index in [1.54, 1.807) is 4.90 Å². The lowest BCUT2D eigenvalue weighted by atomic mass is 9.82. The van der Waals surface area contributed by atoms with Gasteiger partial charge in [-0.25, -0.2) is 8.78 Å². The maximum absolute atomic E-state index is 13.1. The van der Waals surface area contributed by atoms with Gasteiger partial charge in [-0.3, -0.25) is 4.79 Å². The highest BCUT2D eigenvalue weighted by molar-refractivity contribution is 5.94. The van der Waals surface area contributed by atoms with Crippen molar-refractivity contribution in [2.45, 2.75) is 19.8 Å². The Labute approximate surface area is 110 Å². The third-order valence-corrected chi connectivity index (χ3v) is 3.59. The molecule has 1 aromatic carbocycles. The number of rotatable bonds is 1. The van der Waals surface area contributed by atoms with Crippen LogP contribution >= 0.6 is 0 Å². The van der Waals surface area contributed by atoms with Crippen LogP contribution < -0.4 is 0 Å². The van der Waals surface area contributed by atoms with Crippen molar-refractivity contribution in [2.75, 3.05) is 13.1 Å². The zero-order valence-corrected chi connectivity index (χ0v) is 10.6. The average Bonchev–Trinajstić information content (AvgIpc) is 2.42. The second-order valence-corrected chi connectivity index (χ2v) is 5.09. The van der Waals surface area contributed by atoms with Crippen molar-refractivity contribution in [1.82, 2.24) is 4.90 Å². The van der Waals surface area contributed by atoms with E-state index in [1.165, 1.54) is 6.07 Å². The van der Waals surface area contributed by atoms with Gasteiger partial charge in [-0.1, -0.05) is 0 Å². The highest BCUT2D eigenvalue weighted by atomic mass is 19.2. The number of amides is 1. The van der Waals surface area contributed by atoms with Crippen LogP contribution in [0, 0.1) is 28.4 Å². The summed E-state index contributed by atoms with van der Waals surface area (Å²) in [6, 6.07) is 5.39. The van der Waals surface area contributed by atoms with E-state index in [0.29, 0.717) is 25.9 Å². The van der Waals surface area contributed by atoms with Crippen LogP contribution in [0.25, 0.3) is 0 Å². The molecule has 0 aliphatic carbocycles. The zero-order chi connectivity index (χ0) is 14.0. The van der Waals surface area contributed by atoms with Crippen LogP contribution in [0.3, 0.4) is 0 Å². The SMILES string of the molecule is CC1(C#N)CCN(C(=O)c2ccc(F)c(F)c2)CC1. The van der Waals surface area contributed by atoms with Crippen LogP contribution in [-0.2, 0) is 0 Å². The Hall–Kier alpha value is -1.96. The molecule has 0 atom stereocenters. The third kappa shape index (κ3) is 2.73. The van der Waals surface area contributed by atoms with E-state index in [1.807, 2.05) is 6.92 Å². The van der Waals surface area contributed by atoms with Crippen molar-refractivity contribution in [1.29, 1.82) is 5.26 Å².